The summed E-state index contributed by atoms with van der Waals surface area (Å²) in [4.78, 5) is 11.1. The van der Waals surface area contributed by atoms with E-state index in [1.807, 2.05) is 24.3 Å². The molecule has 0 unspecified atom stereocenters. The Morgan fingerprint density at radius 1 is 0.897 bits per heavy atom. The van der Waals surface area contributed by atoms with Gasteiger partial charge in [-0.25, -0.2) is 9.97 Å². The van der Waals surface area contributed by atoms with Crippen molar-refractivity contribution >= 4 is 22.5 Å². The van der Waals surface area contributed by atoms with Gasteiger partial charge in [-0.2, -0.15) is 4.68 Å². The number of aromatic nitrogens is 5. The molecule has 4 aromatic rings. The molecule has 0 bridgehead atoms. The van der Waals surface area contributed by atoms with E-state index in [4.69, 9.17) is 5.73 Å². The van der Waals surface area contributed by atoms with E-state index in [1.165, 1.54) is 5.56 Å². The maximum absolute atomic E-state index is 6.50. The van der Waals surface area contributed by atoms with Gasteiger partial charge >= 0.3 is 0 Å². The first-order chi connectivity index (χ1) is 14.3. The van der Waals surface area contributed by atoms with Crippen molar-refractivity contribution < 1.29 is 0 Å². The van der Waals surface area contributed by atoms with Crippen LogP contribution in [0.2, 0.25) is 0 Å². The number of hydrogen-bond acceptors (Lipinski definition) is 6. The van der Waals surface area contributed by atoms with Gasteiger partial charge in [-0.15, -0.1) is 5.10 Å². The van der Waals surface area contributed by atoms with Crippen molar-refractivity contribution in [3.05, 3.63) is 66.5 Å². The molecule has 2 aromatic heterocycles. The molecule has 1 saturated heterocycles. The van der Waals surface area contributed by atoms with E-state index < -0.39 is 0 Å². The first-order valence-electron chi connectivity index (χ1n) is 10.00. The Morgan fingerprint density at radius 2 is 1.62 bits per heavy atom. The molecule has 2 N–H and O–H groups in total. The highest BCUT2D eigenvalue weighted by Gasteiger charge is 2.24. The lowest BCUT2D eigenvalue weighted by Gasteiger charge is -2.33. The number of nitrogens with zero attached hydrogens (tertiary/aromatic N) is 6. The highest BCUT2D eigenvalue weighted by molar-refractivity contribution is 5.79. The van der Waals surface area contributed by atoms with Gasteiger partial charge in [-0.1, -0.05) is 47.7 Å². The summed E-state index contributed by atoms with van der Waals surface area (Å²) in [5.74, 6) is 2.05. The fourth-order valence-corrected chi connectivity index (χ4v) is 4.12. The van der Waals surface area contributed by atoms with Crippen LogP contribution in [0.1, 0.15) is 18.4 Å². The largest absolute Gasteiger partial charge is 0.393 e. The van der Waals surface area contributed by atoms with Gasteiger partial charge in [-0.05, 0) is 42.9 Å². The van der Waals surface area contributed by atoms with E-state index in [2.05, 4.69) is 55.5 Å². The monoisotopic (exact) mass is 385 g/mol. The second-order valence-electron chi connectivity index (χ2n) is 7.54. The van der Waals surface area contributed by atoms with Crippen LogP contribution in [-0.4, -0.2) is 38.1 Å². The van der Waals surface area contributed by atoms with Crippen LogP contribution < -0.4 is 10.6 Å². The number of anilines is 2. The molecule has 3 heterocycles. The van der Waals surface area contributed by atoms with Gasteiger partial charge in [0.1, 0.15) is 17.5 Å². The second kappa shape index (κ2) is 7.50. The van der Waals surface area contributed by atoms with E-state index in [9.17, 15) is 0 Å². The van der Waals surface area contributed by atoms with Crippen molar-refractivity contribution in [3.8, 4) is 5.82 Å². The molecule has 0 amide bonds. The molecule has 2 aromatic carbocycles. The number of benzene rings is 2. The Bertz CT molecular complexity index is 1110. The van der Waals surface area contributed by atoms with Gasteiger partial charge in [0.2, 0.25) is 0 Å². The number of rotatable bonds is 4. The molecule has 1 aliphatic rings. The third kappa shape index (κ3) is 3.40. The fourth-order valence-electron chi connectivity index (χ4n) is 4.12. The van der Waals surface area contributed by atoms with Crippen LogP contribution in [0.5, 0.6) is 0 Å². The number of hydrogen-bond donors (Lipinski definition) is 1. The minimum Gasteiger partial charge on any atom is -0.393 e. The van der Waals surface area contributed by atoms with Crippen molar-refractivity contribution in [2.75, 3.05) is 23.7 Å². The summed E-state index contributed by atoms with van der Waals surface area (Å²) < 4.78 is 1.69. The third-order valence-electron chi connectivity index (χ3n) is 5.68. The number of fused-ring (bicyclic) bond motifs is 1. The lowest BCUT2D eigenvalue weighted by molar-refractivity contribution is 0.402. The van der Waals surface area contributed by atoms with Crippen LogP contribution in [0.3, 0.4) is 0 Å². The third-order valence-corrected chi connectivity index (χ3v) is 5.68. The van der Waals surface area contributed by atoms with Gasteiger partial charge in [-0.3, -0.25) is 0 Å². The molecule has 1 aliphatic heterocycles. The summed E-state index contributed by atoms with van der Waals surface area (Å²) in [6, 6.07) is 18.5. The summed E-state index contributed by atoms with van der Waals surface area (Å²) in [6.07, 6.45) is 4.94. The molecule has 5 rings (SSSR count). The number of para-hydroxylation sites is 1. The lowest BCUT2D eigenvalue weighted by atomic mass is 9.90. The Balaban J connectivity index is 1.36. The molecule has 1 fully saturated rings. The first kappa shape index (κ1) is 17.6. The van der Waals surface area contributed by atoms with E-state index in [0.717, 1.165) is 49.2 Å². The normalized spacial score (nSPS) is 15.1. The molecule has 146 valence electrons. The smallest absolute Gasteiger partial charge is 0.184 e. The Labute approximate surface area is 169 Å². The Kier molecular flexibility index (Phi) is 4.56. The van der Waals surface area contributed by atoms with Crippen molar-refractivity contribution in [2.45, 2.75) is 19.3 Å². The van der Waals surface area contributed by atoms with Gasteiger partial charge in [0, 0.05) is 13.1 Å². The predicted octanol–water partition coefficient (Wildman–Crippen LogP) is 3.25. The number of nitrogen functional groups attached to an aromatic ring is 1. The van der Waals surface area contributed by atoms with Crippen LogP contribution in [-0.2, 0) is 6.42 Å². The summed E-state index contributed by atoms with van der Waals surface area (Å²) >= 11 is 0. The molecular formula is C22H23N7. The zero-order valence-electron chi connectivity index (χ0n) is 16.1. The molecular weight excluding hydrogens is 362 g/mol. The summed E-state index contributed by atoms with van der Waals surface area (Å²) in [5, 5.41) is 8.46. The van der Waals surface area contributed by atoms with Crippen LogP contribution in [0.15, 0.2) is 60.9 Å². The number of piperidine rings is 1. The van der Waals surface area contributed by atoms with Gasteiger partial charge < -0.3 is 10.6 Å². The first-order valence-corrected chi connectivity index (χ1v) is 10.00. The van der Waals surface area contributed by atoms with E-state index in [-0.39, 0.29) is 0 Å². The zero-order chi connectivity index (χ0) is 19.6. The van der Waals surface area contributed by atoms with Crippen LogP contribution in [0.4, 0.5) is 11.5 Å². The second-order valence-corrected chi connectivity index (χ2v) is 7.54. The van der Waals surface area contributed by atoms with E-state index in [1.54, 1.807) is 11.0 Å². The standard InChI is InChI=1S/C22H23N7/c23-20-21(28-12-10-17(11-13-28)14-16-6-2-1-3-7-16)24-15-25-22(20)29-19-9-5-4-8-18(19)26-27-29/h1-9,15,17H,10-14,23H2. The molecule has 0 aliphatic carbocycles. The lowest BCUT2D eigenvalue weighted by Crippen LogP contribution is -2.35. The molecule has 0 spiro atoms. The summed E-state index contributed by atoms with van der Waals surface area (Å²) in [7, 11) is 0. The maximum Gasteiger partial charge on any atom is 0.184 e. The molecule has 0 atom stereocenters. The van der Waals surface area contributed by atoms with Gasteiger partial charge in [0.15, 0.2) is 11.6 Å². The average Bonchev–Trinajstić information content (AvgIpc) is 3.19. The highest BCUT2D eigenvalue weighted by atomic mass is 15.4. The summed E-state index contributed by atoms with van der Waals surface area (Å²) in [6.45, 7) is 1.88. The maximum atomic E-state index is 6.50. The molecule has 29 heavy (non-hydrogen) atoms. The van der Waals surface area contributed by atoms with Crippen molar-refractivity contribution in [1.29, 1.82) is 0 Å². The summed E-state index contributed by atoms with van der Waals surface area (Å²) in [5.41, 5.74) is 10.1. The predicted molar refractivity (Wildman–Crippen MR) is 114 cm³/mol. The Morgan fingerprint density at radius 3 is 2.45 bits per heavy atom. The molecule has 0 saturated carbocycles. The van der Waals surface area contributed by atoms with Crippen LogP contribution >= 0.6 is 0 Å². The van der Waals surface area contributed by atoms with E-state index in [0.29, 0.717) is 17.4 Å². The Hall–Kier alpha value is -3.48. The van der Waals surface area contributed by atoms with Crippen LogP contribution in [0.25, 0.3) is 16.9 Å². The zero-order valence-corrected chi connectivity index (χ0v) is 16.1. The van der Waals surface area contributed by atoms with Gasteiger partial charge in [0.25, 0.3) is 0 Å². The molecule has 0 radical (unpaired) electrons. The average molecular weight is 385 g/mol. The fraction of sp³-hybridized carbons (Fsp3) is 0.273. The minimum atomic E-state index is 0.546. The molecule has 7 nitrogen and oxygen atoms in total. The SMILES string of the molecule is Nc1c(N2CCC(Cc3ccccc3)CC2)ncnc1-n1nnc2ccccc21. The highest BCUT2D eigenvalue weighted by Crippen LogP contribution is 2.30. The minimum absolute atomic E-state index is 0.546. The topological polar surface area (TPSA) is 85.8 Å². The van der Waals surface area contributed by atoms with Crippen molar-refractivity contribution in [1.82, 2.24) is 25.0 Å². The van der Waals surface area contributed by atoms with Gasteiger partial charge in [0.05, 0.1) is 5.52 Å². The van der Waals surface area contributed by atoms with Crippen molar-refractivity contribution in [2.24, 2.45) is 5.92 Å². The van der Waals surface area contributed by atoms with Crippen molar-refractivity contribution in [3.63, 3.8) is 0 Å². The quantitative estimate of drug-likeness (QED) is 0.580. The number of nitrogens with two attached hydrogens (primary N) is 1. The van der Waals surface area contributed by atoms with Crippen LogP contribution in [0, 0.1) is 5.92 Å². The van der Waals surface area contributed by atoms with E-state index >= 15 is 0 Å². The molecule has 7 heteroatoms.